The smallest absolute Gasteiger partial charge is 0.338 e. The van der Waals surface area contributed by atoms with Crippen molar-refractivity contribution in [2.45, 2.75) is 43.9 Å². The molecule has 0 fully saturated rings. The monoisotopic (exact) mass is 496 g/mol. The molecule has 178 valence electrons. The summed E-state index contributed by atoms with van der Waals surface area (Å²) in [7, 11) is 0. The number of amides is 1. The van der Waals surface area contributed by atoms with E-state index in [-0.39, 0.29) is 24.1 Å². The number of anilines is 1. The van der Waals surface area contributed by atoms with Crippen LogP contribution in [-0.2, 0) is 22.4 Å². The Morgan fingerprint density at radius 2 is 1.71 bits per heavy atom. The zero-order valence-electron chi connectivity index (χ0n) is 19.3. The molecule has 0 aliphatic carbocycles. The van der Waals surface area contributed by atoms with Gasteiger partial charge in [-0.25, -0.2) is 9.78 Å². The molecule has 3 aromatic rings. The van der Waals surface area contributed by atoms with Gasteiger partial charge in [-0.2, -0.15) is 0 Å². The first-order valence-corrected chi connectivity index (χ1v) is 13.1. The Balaban J connectivity index is 1.45. The zero-order chi connectivity index (χ0) is 24.3. The first-order valence-electron chi connectivity index (χ1n) is 11.2. The van der Waals surface area contributed by atoms with Crippen LogP contribution in [0.4, 0.5) is 5.69 Å². The number of carbonyl (C=O) groups is 3. The Kier molecular flexibility index (Phi) is 9.85. The van der Waals surface area contributed by atoms with Gasteiger partial charge in [-0.05, 0) is 42.7 Å². The minimum atomic E-state index is -0.365. The van der Waals surface area contributed by atoms with E-state index in [4.69, 9.17) is 4.74 Å². The molecule has 0 unspecified atom stereocenters. The highest BCUT2D eigenvalue weighted by atomic mass is 32.2. The van der Waals surface area contributed by atoms with Crippen LogP contribution in [0.2, 0.25) is 0 Å². The van der Waals surface area contributed by atoms with Gasteiger partial charge >= 0.3 is 5.97 Å². The van der Waals surface area contributed by atoms with Crippen LogP contribution < -0.4 is 5.32 Å². The second-order valence-corrected chi connectivity index (χ2v) is 9.74. The molecule has 1 heterocycles. The van der Waals surface area contributed by atoms with Gasteiger partial charge in [0.05, 0.1) is 30.0 Å². The van der Waals surface area contributed by atoms with Gasteiger partial charge < -0.3 is 10.1 Å². The van der Waals surface area contributed by atoms with Crippen molar-refractivity contribution in [1.82, 2.24) is 4.98 Å². The van der Waals surface area contributed by atoms with Crippen molar-refractivity contribution in [2.75, 3.05) is 17.7 Å². The number of Topliss-reactive ketones (excluding diaryl/α,β-unsaturated/α-hetero) is 1. The number of ether oxygens (including phenoxy) is 1. The van der Waals surface area contributed by atoms with E-state index in [1.807, 2.05) is 36.6 Å². The molecule has 3 rings (SSSR count). The molecule has 34 heavy (non-hydrogen) atoms. The van der Waals surface area contributed by atoms with E-state index >= 15 is 0 Å². The second kappa shape index (κ2) is 13.1. The van der Waals surface area contributed by atoms with Gasteiger partial charge in [0.15, 0.2) is 10.1 Å². The topological polar surface area (TPSA) is 85.4 Å². The summed E-state index contributed by atoms with van der Waals surface area (Å²) in [4.78, 5) is 41.2. The van der Waals surface area contributed by atoms with Crippen LogP contribution in [0, 0.1) is 0 Å². The molecule has 1 N–H and O–H groups in total. The molecule has 0 aliphatic rings. The molecular weight excluding hydrogens is 468 g/mol. The number of nitrogens with one attached hydrogen (secondary N) is 1. The molecule has 0 bridgehead atoms. The van der Waals surface area contributed by atoms with E-state index in [2.05, 4.69) is 17.2 Å². The van der Waals surface area contributed by atoms with Crippen molar-refractivity contribution < 1.29 is 19.1 Å². The summed E-state index contributed by atoms with van der Waals surface area (Å²) in [5, 5.41) is 4.64. The van der Waals surface area contributed by atoms with Crippen LogP contribution in [0.25, 0.3) is 0 Å². The van der Waals surface area contributed by atoms with Crippen molar-refractivity contribution in [3.05, 3.63) is 76.3 Å². The van der Waals surface area contributed by atoms with Gasteiger partial charge in [0.2, 0.25) is 5.91 Å². The third-order valence-electron chi connectivity index (χ3n) is 5.02. The lowest BCUT2D eigenvalue weighted by molar-refractivity contribution is -0.115. The second-order valence-electron chi connectivity index (χ2n) is 7.66. The highest BCUT2D eigenvalue weighted by molar-refractivity contribution is 8.01. The van der Waals surface area contributed by atoms with Crippen LogP contribution in [-0.4, -0.2) is 35.0 Å². The number of hydrogen-bond donors (Lipinski definition) is 1. The maximum atomic E-state index is 12.4. The molecule has 0 atom stereocenters. The highest BCUT2D eigenvalue weighted by Gasteiger charge is 2.12. The zero-order valence-corrected chi connectivity index (χ0v) is 21.0. The predicted octanol–water partition coefficient (Wildman–Crippen LogP) is 5.82. The molecule has 2 aromatic carbocycles. The Morgan fingerprint density at radius 1 is 1.00 bits per heavy atom. The molecule has 8 heteroatoms. The molecule has 6 nitrogen and oxygen atoms in total. The number of carbonyl (C=O) groups excluding carboxylic acids is 3. The average Bonchev–Trinajstić information content (AvgIpc) is 3.30. The molecular formula is C26H28N2O4S2. The lowest BCUT2D eigenvalue weighted by Crippen LogP contribution is -2.14. The number of esters is 1. The molecule has 0 spiro atoms. The van der Waals surface area contributed by atoms with E-state index in [1.54, 1.807) is 24.3 Å². The maximum absolute atomic E-state index is 12.4. The van der Waals surface area contributed by atoms with E-state index in [0.717, 1.165) is 23.6 Å². The standard InChI is InChI=1S/C26H28N2O4S2/c1-3-5-14-32-25(31)20-10-12-21(13-11-20)27-24(30)15-22-16-33-26(28-22)34-17-23(29)19-8-6-18(4-2)7-9-19/h6-13,16H,3-5,14-15,17H2,1-2H3,(H,27,30). The molecule has 0 aliphatic heterocycles. The maximum Gasteiger partial charge on any atom is 0.338 e. The Morgan fingerprint density at radius 3 is 2.38 bits per heavy atom. The number of hydrogen-bond acceptors (Lipinski definition) is 7. The highest BCUT2D eigenvalue weighted by Crippen LogP contribution is 2.24. The summed E-state index contributed by atoms with van der Waals surface area (Å²) < 4.78 is 5.94. The molecule has 0 saturated heterocycles. The first-order chi connectivity index (χ1) is 16.5. The SMILES string of the molecule is CCCCOC(=O)c1ccc(NC(=O)Cc2csc(SCC(=O)c3ccc(CC)cc3)n2)cc1. The molecule has 0 saturated carbocycles. The molecule has 0 radical (unpaired) electrons. The van der Waals surface area contributed by atoms with Crippen molar-refractivity contribution in [3.63, 3.8) is 0 Å². The van der Waals surface area contributed by atoms with Crippen molar-refractivity contribution >= 4 is 46.4 Å². The fraction of sp³-hybridized carbons (Fsp3) is 0.308. The largest absolute Gasteiger partial charge is 0.462 e. The number of benzene rings is 2. The Labute approximate surface area is 208 Å². The first kappa shape index (κ1) is 25.6. The van der Waals surface area contributed by atoms with Crippen molar-refractivity contribution in [3.8, 4) is 0 Å². The van der Waals surface area contributed by atoms with E-state index < -0.39 is 0 Å². The summed E-state index contributed by atoms with van der Waals surface area (Å²) in [6.45, 7) is 4.52. The average molecular weight is 497 g/mol. The number of unbranched alkanes of at least 4 members (excludes halogenated alkanes) is 1. The minimum absolute atomic E-state index is 0.0554. The van der Waals surface area contributed by atoms with Gasteiger partial charge in [-0.15, -0.1) is 11.3 Å². The summed E-state index contributed by atoms with van der Waals surface area (Å²) in [6, 6.07) is 14.3. The molecule has 1 amide bonds. The number of rotatable bonds is 12. The minimum Gasteiger partial charge on any atom is -0.462 e. The lowest BCUT2D eigenvalue weighted by atomic mass is 10.1. The van der Waals surface area contributed by atoms with Crippen molar-refractivity contribution in [1.29, 1.82) is 0 Å². The van der Waals surface area contributed by atoms with Crippen LogP contribution in [0.5, 0.6) is 0 Å². The van der Waals surface area contributed by atoms with Gasteiger partial charge in [0, 0.05) is 16.6 Å². The molecule has 1 aromatic heterocycles. The number of ketones is 1. The van der Waals surface area contributed by atoms with E-state index in [0.29, 0.717) is 34.9 Å². The van der Waals surface area contributed by atoms with Crippen molar-refractivity contribution in [2.24, 2.45) is 0 Å². The van der Waals surface area contributed by atoms with Crippen LogP contribution in [0.15, 0.2) is 58.3 Å². The lowest BCUT2D eigenvalue weighted by Gasteiger charge is -2.06. The van der Waals surface area contributed by atoms with E-state index in [9.17, 15) is 14.4 Å². The van der Waals surface area contributed by atoms with Gasteiger partial charge in [0.25, 0.3) is 0 Å². The summed E-state index contributed by atoms with van der Waals surface area (Å²) in [5.41, 5.74) is 3.60. The Bertz CT molecular complexity index is 1110. The van der Waals surface area contributed by atoms with Crippen LogP contribution in [0.3, 0.4) is 0 Å². The van der Waals surface area contributed by atoms with Gasteiger partial charge in [0.1, 0.15) is 0 Å². The predicted molar refractivity (Wildman–Crippen MR) is 137 cm³/mol. The van der Waals surface area contributed by atoms with Crippen LogP contribution in [0.1, 0.15) is 58.7 Å². The number of aryl methyl sites for hydroxylation is 1. The number of thioether (sulfide) groups is 1. The summed E-state index contributed by atoms with van der Waals surface area (Å²) in [6.07, 6.45) is 2.87. The summed E-state index contributed by atoms with van der Waals surface area (Å²) >= 11 is 2.80. The van der Waals surface area contributed by atoms with Gasteiger partial charge in [-0.3, -0.25) is 9.59 Å². The van der Waals surface area contributed by atoms with Gasteiger partial charge in [-0.1, -0.05) is 56.3 Å². The number of aromatic nitrogens is 1. The fourth-order valence-corrected chi connectivity index (χ4v) is 4.76. The van der Waals surface area contributed by atoms with E-state index in [1.165, 1.54) is 28.7 Å². The Hall–Kier alpha value is -2.97. The summed E-state index contributed by atoms with van der Waals surface area (Å²) in [5.74, 6) is -0.208. The number of nitrogens with zero attached hydrogens (tertiary/aromatic N) is 1. The van der Waals surface area contributed by atoms with Crippen LogP contribution >= 0.6 is 23.1 Å². The third kappa shape index (κ3) is 7.81. The normalized spacial score (nSPS) is 10.6. The fourth-order valence-electron chi connectivity index (χ4n) is 3.02. The third-order valence-corrected chi connectivity index (χ3v) is 7.09. The number of thiazole rings is 1. The quantitative estimate of drug-likeness (QED) is 0.147.